The third kappa shape index (κ3) is 2.14. The lowest BCUT2D eigenvalue weighted by Crippen LogP contribution is -2.20. The lowest BCUT2D eigenvalue weighted by molar-refractivity contribution is -0.116. The van der Waals surface area contributed by atoms with Crippen molar-refractivity contribution in [2.45, 2.75) is 6.54 Å². The molecule has 1 N–H and O–H groups in total. The van der Waals surface area contributed by atoms with Crippen molar-refractivity contribution in [1.82, 2.24) is 34.3 Å². The number of hydrogen-bond acceptors (Lipinski definition) is 6. The molecule has 0 aromatic carbocycles. The lowest BCUT2D eigenvalue weighted by Gasteiger charge is -2.06. The summed E-state index contributed by atoms with van der Waals surface area (Å²) in [5, 5.41) is 10.9. The molecule has 0 fully saturated rings. The Hall–Kier alpha value is -3.36. The molecule has 108 valence electrons. The van der Waals surface area contributed by atoms with Crippen LogP contribution in [0.25, 0.3) is 16.8 Å². The summed E-state index contributed by atoms with van der Waals surface area (Å²) in [5.74, 6) is -0.213. The Balaban J connectivity index is 1.54. The van der Waals surface area contributed by atoms with Crippen LogP contribution < -0.4 is 5.32 Å². The van der Waals surface area contributed by atoms with Gasteiger partial charge in [0.05, 0.1) is 18.1 Å². The molecule has 0 saturated heterocycles. The molecule has 4 aromatic rings. The quantitative estimate of drug-likeness (QED) is 0.590. The fourth-order valence-electron chi connectivity index (χ4n) is 2.15. The van der Waals surface area contributed by atoms with Crippen LogP contribution in [0.15, 0.2) is 43.2 Å². The smallest absolute Gasteiger partial charge is 0.246 e. The zero-order valence-electron chi connectivity index (χ0n) is 11.3. The molecule has 0 bridgehead atoms. The monoisotopic (exact) mass is 294 g/mol. The molecule has 4 heterocycles. The van der Waals surface area contributed by atoms with Gasteiger partial charge >= 0.3 is 0 Å². The highest BCUT2D eigenvalue weighted by molar-refractivity contribution is 5.91. The van der Waals surface area contributed by atoms with Crippen LogP contribution in [-0.4, -0.2) is 40.3 Å². The van der Waals surface area contributed by atoms with Gasteiger partial charge in [0, 0.05) is 12.4 Å². The van der Waals surface area contributed by atoms with E-state index in [1.807, 2.05) is 0 Å². The summed E-state index contributed by atoms with van der Waals surface area (Å²) >= 11 is 0. The third-order valence-electron chi connectivity index (χ3n) is 3.12. The minimum atomic E-state index is -0.213. The van der Waals surface area contributed by atoms with Crippen LogP contribution in [-0.2, 0) is 11.3 Å². The second kappa shape index (κ2) is 4.88. The molecule has 22 heavy (non-hydrogen) atoms. The molecule has 0 spiro atoms. The van der Waals surface area contributed by atoms with Crippen molar-refractivity contribution in [3.63, 3.8) is 0 Å². The van der Waals surface area contributed by atoms with Crippen molar-refractivity contribution >= 4 is 28.4 Å². The van der Waals surface area contributed by atoms with E-state index in [1.165, 1.54) is 11.0 Å². The Labute approximate surface area is 123 Å². The van der Waals surface area contributed by atoms with Crippen LogP contribution >= 0.6 is 0 Å². The van der Waals surface area contributed by atoms with Crippen LogP contribution in [0, 0.1) is 0 Å². The molecule has 0 radical (unpaired) electrons. The molecule has 1 amide bonds. The number of carbonyl (C=O) groups excluding carboxylic acids is 1. The van der Waals surface area contributed by atoms with Crippen molar-refractivity contribution in [3.8, 4) is 0 Å². The van der Waals surface area contributed by atoms with Crippen LogP contribution in [0.5, 0.6) is 0 Å². The average molecular weight is 294 g/mol. The Kier molecular flexibility index (Phi) is 2.75. The van der Waals surface area contributed by atoms with Crippen molar-refractivity contribution in [2.24, 2.45) is 0 Å². The first-order valence-electron chi connectivity index (χ1n) is 6.51. The maximum Gasteiger partial charge on any atom is 0.246 e. The topological polar surface area (TPSA) is 103 Å². The van der Waals surface area contributed by atoms with Gasteiger partial charge < -0.3 is 5.32 Å². The highest BCUT2D eigenvalue weighted by Crippen LogP contribution is 2.10. The van der Waals surface area contributed by atoms with Gasteiger partial charge in [-0.15, -0.1) is 0 Å². The minimum Gasteiger partial charge on any atom is -0.323 e. The number of nitrogens with zero attached hydrogens (tertiary/aromatic N) is 7. The number of aromatic nitrogens is 7. The van der Waals surface area contributed by atoms with E-state index >= 15 is 0 Å². The first-order chi connectivity index (χ1) is 10.8. The summed E-state index contributed by atoms with van der Waals surface area (Å²) in [6.45, 7) is 0.0532. The zero-order chi connectivity index (χ0) is 14.9. The molecule has 9 nitrogen and oxygen atoms in total. The predicted octanol–water partition coefficient (Wildman–Crippen LogP) is 0.508. The van der Waals surface area contributed by atoms with Crippen LogP contribution in [0.1, 0.15) is 0 Å². The van der Waals surface area contributed by atoms with Gasteiger partial charge in [0.2, 0.25) is 5.91 Å². The van der Waals surface area contributed by atoms with Gasteiger partial charge in [0.15, 0.2) is 11.3 Å². The summed E-state index contributed by atoms with van der Waals surface area (Å²) in [7, 11) is 0. The molecular formula is C13H10N8O. The van der Waals surface area contributed by atoms with Crippen molar-refractivity contribution in [2.75, 3.05) is 5.32 Å². The van der Waals surface area contributed by atoms with Crippen molar-refractivity contribution in [1.29, 1.82) is 0 Å². The molecule has 9 heteroatoms. The number of amides is 1. The molecule has 4 rings (SSSR count). The molecule has 0 aliphatic heterocycles. The minimum absolute atomic E-state index is 0.0532. The standard InChI is InChI=1S/C13H10N8O/c22-12(7-21-13-10(5-17-21)14-3-4-15-13)19-9-1-2-11-16-8-18-20(11)6-9/h1-6,8H,7H2,(H,19,22). The van der Waals surface area contributed by atoms with E-state index in [0.717, 1.165) is 0 Å². The number of anilines is 1. The van der Waals surface area contributed by atoms with E-state index in [-0.39, 0.29) is 12.5 Å². The van der Waals surface area contributed by atoms with Crippen LogP contribution in [0.2, 0.25) is 0 Å². The molecule has 0 aliphatic carbocycles. The Bertz CT molecular complexity index is 972. The molecule has 4 aromatic heterocycles. The van der Waals surface area contributed by atoms with Crippen LogP contribution in [0.3, 0.4) is 0 Å². The Morgan fingerprint density at radius 2 is 2.05 bits per heavy atom. The van der Waals surface area contributed by atoms with Gasteiger partial charge in [-0.25, -0.2) is 24.1 Å². The number of fused-ring (bicyclic) bond motifs is 2. The fourth-order valence-corrected chi connectivity index (χ4v) is 2.15. The number of carbonyl (C=O) groups is 1. The normalized spacial score (nSPS) is 11.1. The number of rotatable bonds is 3. The summed E-state index contributed by atoms with van der Waals surface area (Å²) in [6.07, 6.45) is 7.88. The number of hydrogen-bond donors (Lipinski definition) is 1. The Morgan fingerprint density at radius 1 is 1.14 bits per heavy atom. The molecule has 0 atom stereocenters. The summed E-state index contributed by atoms with van der Waals surface area (Å²) in [4.78, 5) is 24.5. The molecule has 0 unspecified atom stereocenters. The largest absolute Gasteiger partial charge is 0.323 e. The first kappa shape index (κ1) is 12.4. The maximum atomic E-state index is 12.1. The highest BCUT2D eigenvalue weighted by atomic mass is 16.2. The Morgan fingerprint density at radius 3 is 3.00 bits per heavy atom. The van der Waals surface area contributed by atoms with E-state index in [9.17, 15) is 4.79 Å². The maximum absolute atomic E-state index is 12.1. The molecule has 0 saturated carbocycles. The van der Waals surface area contributed by atoms with E-state index < -0.39 is 0 Å². The third-order valence-corrected chi connectivity index (χ3v) is 3.12. The van der Waals surface area contributed by atoms with E-state index in [2.05, 4.69) is 30.5 Å². The van der Waals surface area contributed by atoms with E-state index in [1.54, 1.807) is 41.4 Å². The first-order valence-corrected chi connectivity index (χ1v) is 6.51. The summed E-state index contributed by atoms with van der Waals surface area (Å²) < 4.78 is 3.09. The summed E-state index contributed by atoms with van der Waals surface area (Å²) in [6, 6.07) is 3.54. The van der Waals surface area contributed by atoms with Crippen molar-refractivity contribution in [3.05, 3.63) is 43.2 Å². The fraction of sp³-hybridized carbons (Fsp3) is 0.0769. The van der Waals surface area contributed by atoms with E-state index in [0.29, 0.717) is 22.5 Å². The summed E-state index contributed by atoms with van der Waals surface area (Å²) in [5.41, 5.74) is 2.57. The molecular weight excluding hydrogens is 284 g/mol. The van der Waals surface area contributed by atoms with Gasteiger partial charge in [-0.3, -0.25) is 4.79 Å². The van der Waals surface area contributed by atoms with Gasteiger partial charge in [-0.2, -0.15) is 10.2 Å². The predicted molar refractivity (Wildman–Crippen MR) is 76.9 cm³/mol. The van der Waals surface area contributed by atoms with Gasteiger partial charge in [0.25, 0.3) is 0 Å². The van der Waals surface area contributed by atoms with Gasteiger partial charge in [-0.05, 0) is 12.1 Å². The van der Waals surface area contributed by atoms with Gasteiger partial charge in [0.1, 0.15) is 18.4 Å². The van der Waals surface area contributed by atoms with Crippen molar-refractivity contribution < 1.29 is 4.79 Å². The van der Waals surface area contributed by atoms with Crippen LogP contribution in [0.4, 0.5) is 5.69 Å². The molecule has 0 aliphatic rings. The number of pyridine rings is 1. The lowest BCUT2D eigenvalue weighted by atomic mass is 10.4. The average Bonchev–Trinajstić information content (AvgIpc) is 3.14. The SMILES string of the molecule is O=C(Cn1ncc2nccnc21)Nc1ccc2ncnn2c1. The second-order valence-electron chi connectivity index (χ2n) is 4.60. The number of nitrogens with one attached hydrogen (secondary N) is 1. The highest BCUT2D eigenvalue weighted by Gasteiger charge is 2.09. The second-order valence-corrected chi connectivity index (χ2v) is 4.60. The zero-order valence-corrected chi connectivity index (χ0v) is 11.3. The van der Waals surface area contributed by atoms with Gasteiger partial charge in [-0.1, -0.05) is 0 Å². The van der Waals surface area contributed by atoms with E-state index in [4.69, 9.17) is 0 Å².